The Balaban J connectivity index is 1.65. The van der Waals surface area contributed by atoms with Crippen molar-refractivity contribution in [2.75, 3.05) is 37.9 Å². The van der Waals surface area contributed by atoms with E-state index in [-0.39, 0.29) is 12.1 Å². The van der Waals surface area contributed by atoms with Crippen molar-refractivity contribution in [2.24, 2.45) is 0 Å². The van der Waals surface area contributed by atoms with Crippen LogP contribution in [-0.2, 0) is 17.5 Å². The van der Waals surface area contributed by atoms with E-state index in [4.69, 9.17) is 4.74 Å². The SMILES string of the molecule is CCOCCNc1nc(SC)nc2c1cnn2CCNC(=O)c1ccc(C(F)(F)F)cc1. The van der Waals surface area contributed by atoms with E-state index in [9.17, 15) is 18.0 Å². The molecule has 1 amide bonds. The lowest BCUT2D eigenvalue weighted by Crippen LogP contribution is -2.27. The molecule has 0 aliphatic rings. The van der Waals surface area contributed by atoms with Gasteiger partial charge < -0.3 is 15.4 Å². The van der Waals surface area contributed by atoms with Crippen LogP contribution in [0.5, 0.6) is 0 Å². The molecule has 3 rings (SSSR count). The average Bonchev–Trinajstić information content (AvgIpc) is 3.19. The number of anilines is 1. The highest BCUT2D eigenvalue weighted by molar-refractivity contribution is 7.98. The van der Waals surface area contributed by atoms with Crippen molar-refractivity contribution in [1.82, 2.24) is 25.1 Å². The Morgan fingerprint density at radius 1 is 1.19 bits per heavy atom. The lowest BCUT2D eigenvalue weighted by Gasteiger charge is -2.10. The fraction of sp³-hybridized carbons (Fsp3) is 0.400. The molecule has 2 N–H and O–H groups in total. The molecule has 2 heterocycles. The first kappa shape index (κ1) is 23.8. The molecule has 0 bridgehead atoms. The summed E-state index contributed by atoms with van der Waals surface area (Å²) in [6.07, 6.45) is -0.916. The standard InChI is InChI=1S/C20H23F3N6O2S/c1-3-31-11-9-24-16-15-12-26-29(17(15)28-19(27-16)32-2)10-8-25-18(30)13-4-6-14(7-5-13)20(21,22)23/h4-7,12H,3,8-11H2,1-2H3,(H,25,30)(H,24,27,28). The van der Waals surface area contributed by atoms with Gasteiger partial charge in [0.15, 0.2) is 10.8 Å². The van der Waals surface area contributed by atoms with Crippen molar-refractivity contribution in [2.45, 2.75) is 24.8 Å². The van der Waals surface area contributed by atoms with Crippen LogP contribution in [0.25, 0.3) is 11.0 Å². The van der Waals surface area contributed by atoms with Crippen LogP contribution in [0.3, 0.4) is 0 Å². The molecule has 2 aromatic heterocycles. The Kier molecular flexibility index (Phi) is 7.91. The van der Waals surface area contributed by atoms with Gasteiger partial charge in [-0.15, -0.1) is 0 Å². The molecule has 0 radical (unpaired) electrons. The van der Waals surface area contributed by atoms with E-state index in [1.807, 2.05) is 13.2 Å². The van der Waals surface area contributed by atoms with Gasteiger partial charge in [0.25, 0.3) is 5.91 Å². The number of carbonyl (C=O) groups is 1. The molecule has 0 aliphatic heterocycles. The lowest BCUT2D eigenvalue weighted by atomic mass is 10.1. The minimum atomic E-state index is -4.44. The summed E-state index contributed by atoms with van der Waals surface area (Å²) in [4.78, 5) is 21.2. The molecular weight excluding hydrogens is 445 g/mol. The number of nitrogens with one attached hydrogen (secondary N) is 2. The van der Waals surface area contributed by atoms with E-state index in [2.05, 4.69) is 25.7 Å². The Labute approximate surface area is 186 Å². The maximum Gasteiger partial charge on any atom is 0.416 e. The van der Waals surface area contributed by atoms with Crippen LogP contribution in [0.15, 0.2) is 35.6 Å². The van der Waals surface area contributed by atoms with Gasteiger partial charge in [-0.25, -0.2) is 14.6 Å². The zero-order valence-electron chi connectivity index (χ0n) is 17.6. The number of carbonyl (C=O) groups excluding carboxylic acids is 1. The van der Waals surface area contributed by atoms with Crippen molar-refractivity contribution in [3.8, 4) is 0 Å². The molecular formula is C20H23F3N6O2S. The number of aromatic nitrogens is 4. The number of hydrogen-bond acceptors (Lipinski definition) is 7. The molecule has 0 aliphatic carbocycles. The Morgan fingerprint density at radius 2 is 1.94 bits per heavy atom. The molecule has 8 nitrogen and oxygen atoms in total. The van der Waals surface area contributed by atoms with Crippen LogP contribution in [0, 0.1) is 0 Å². The smallest absolute Gasteiger partial charge is 0.380 e. The Bertz CT molecular complexity index is 1060. The van der Waals surface area contributed by atoms with Crippen molar-refractivity contribution < 1.29 is 22.7 Å². The topological polar surface area (TPSA) is 94.0 Å². The van der Waals surface area contributed by atoms with Gasteiger partial charge in [0.1, 0.15) is 5.82 Å². The number of hydrogen-bond donors (Lipinski definition) is 2. The average molecular weight is 469 g/mol. The van der Waals surface area contributed by atoms with E-state index in [1.54, 1.807) is 10.9 Å². The largest absolute Gasteiger partial charge is 0.416 e. The third-order valence-corrected chi connectivity index (χ3v) is 5.03. The summed E-state index contributed by atoms with van der Waals surface area (Å²) in [5.74, 6) is 0.187. The number of nitrogens with zero attached hydrogens (tertiary/aromatic N) is 4. The number of alkyl halides is 3. The number of amides is 1. The third kappa shape index (κ3) is 5.88. The van der Waals surface area contributed by atoms with Crippen LogP contribution < -0.4 is 10.6 Å². The molecule has 0 spiro atoms. The summed E-state index contributed by atoms with van der Waals surface area (Å²) < 4.78 is 45.0. The summed E-state index contributed by atoms with van der Waals surface area (Å²) in [6.45, 7) is 4.24. The molecule has 0 saturated heterocycles. The first-order valence-electron chi connectivity index (χ1n) is 9.88. The molecule has 0 saturated carbocycles. The third-order valence-electron chi connectivity index (χ3n) is 4.48. The molecule has 32 heavy (non-hydrogen) atoms. The van der Waals surface area contributed by atoms with Gasteiger partial charge in [-0.05, 0) is 37.4 Å². The van der Waals surface area contributed by atoms with Gasteiger partial charge >= 0.3 is 6.18 Å². The summed E-state index contributed by atoms with van der Waals surface area (Å²) in [6, 6.07) is 4.08. The van der Waals surface area contributed by atoms with Crippen molar-refractivity contribution in [3.05, 3.63) is 41.6 Å². The summed E-state index contributed by atoms with van der Waals surface area (Å²) >= 11 is 1.40. The van der Waals surface area contributed by atoms with Gasteiger partial charge in [-0.2, -0.15) is 18.3 Å². The molecule has 12 heteroatoms. The minimum absolute atomic E-state index is 0.149. The van der Waals surface area contributed by atoms with Crippen LogP contribution in [-0.4, -0.2) is 58.2 Å². The fourth-order valence-electron chi connectivity index (χ4n) is 2.90. The highest BCUT2D eigenvalue weighted by atomic mass is 32.2. The van der Waals surface area contributed by atoms with Gasteiger partial charge in [0.05, 0.1) is 30.3 Å². The monoisotopic (exact) mass is 468 g/mol. The van der Waals surface area contributed by atoms with Crippen LogP contribution in [0.4, 0.5) is 19.0 Å². The van der Waals surface area contributed by atoms with Gasteiger partial charge in [0.2, 0.25) is 0 Å². The first-order chi connectivity index (χ1) is 15.3. The molecule has 0 unspecified atom stereocenters. The maximum atomic E-state index is 12.7. The number of thioether (sulfide) groups is 1. The highest BCUT2D eigenvalue weighted by Crippen LogP contribution is 2.29. The Morgan fingerprint density at radius 3 is 2.59 bits per heavy atom. The zero-order valence-corrected chi connectivity index (χ0v) is 18.4. The predicted molar refractivity (Wildman–Crippen MR) is 116 cm³/mol. The normalized spacial score (nSPS) is 11.7. The Hall–Kier alpha value is -2.86. The second-order valence-electron chi connectivity index (χ2n) is 6.62. The van der Waals surface area contributed by atoms with E-state index in [1.165, 1.54) is 11.8 Å². The van der Waals surface area contributed by atoms with E-state index < -0.39 is 17.6 Å². The molecule has 1 aromatic carbocycles. The van der Waals surface area contributed by atoms with E-state index >= 15 is 0 Å². The maximum absolute atomic E-state index is 12.7. The van der Waals surface area contributed by atoms with Gasteiger partial charge in [-0.1, -0.05) is 11.8 Å². The number of halogens is 3. The quantitative estimate of drug-likeness (QED) is 0.267. The van der Waals surface area contributed by atoms with E-state index in [0.29, 0.717) is 42.9 Å². The summed E-state index contributed by atoms with van der Waals surface area (Å²) in [5.41, 5.74) is -0.0323. The van der Waals surface area contributed by atoms with Gasteiger partial charge in [-0.3, -0.25) is 4.79 Å². The van der Waals surface area contributed by atoms with Gasteiger partial charge in [0, 0.05) is 25.3 Å². The van der Waals surface area contributed by atoms with Crippen LogP contribution >= 0.6 is 11.8 Å². The molecule has 0 fully saturated rings. The minimum Gasteiger partial charge on any atom is -0.380 e. The van der Waals surface area contributed by atoms with Crippen molar-refractivity contribution in [3.63, 3.8) is 0 Å². The highest BCUT2D eigenvalue weighted by Gasteiger charge is 2.30. The lowest BCUT2D eigenvalue weighted by molar-refractivity contribution is -0.137. The predicted octanol–water partition coefficient (Wildman–Crippen LogP) is 3.45. The second kappa shape index (κ2) is 10.6. The van der Waals surface area contributed by atoms with E-state index in [0.717, 1.165) is 29.7 Å². The summed E-state index contributed by atoms with van der Waals surface area (Å²) in [7, 11) is 0. The molecule has 172 valence electrons. The molecule has 3 aromatic rings. The number of rotatable bonds is 10. The fourth-order valence-corrected chi connectivity index (χ4v) is 3.26. The first-order valence-corrected chi connectivity index (χ1v) is 11.1. The van der Waals surface area contributed by atoms with Crippen molar-refractivity contribution >= 4 is 34.5 Å². The number of fused-ring (bicyclic) bond motifs is 1. The molecule has 0 atom stereocenters. The van der Waals surface area contributed by atoms with Crippen LogP contribution in [0.1, 0.15) is 22.8 Å². The summed E-state index contributed by atoms with van der Waals surface area (Å²) in [5, 5.41) is 11.6. The van der Waals surface area contributed by atoms with Crippen molar-refractivity contribution in [1.29, 1.82) is 0 Å². The number of ether oxygens (including phenoxy) is 1. The van der Waals surface area contributed by atoms with Crippen LogP contribution in [0.2, 0.25) is 0 Å². The second-order valence-corrected chi connectivity index (χ2v) is 7.39. The zero-order chi connectivity index (χ0) is 23.1. The number of benzene rings is 1.